The van der Waals surface area contributed by atoms with Gasteiger partial charge in [0.15, 0.2) is 0 Å². The number of nitrogens with zero attached hydrogens (tertiary/aromatic N) is 3. The van der Waals surface area contributed by atoms with Gasteiger partial charge in [-0.2, -0.15) is 0 Å². The molecule has 1 aliphatic heterocycles. The van der Waals surface area contributed by atoms with Crippen LogP contribution in [0.4, 0.5) is 0 Å². The number of amides is 1. The number of carbonyl (C=O) groups excluding carboxylic acids is 1. The second-order valence-corrected chi connectivity index (χ2v) is 5.93. The lowest BCUT2D eigenvalue weighted by atomic mass is 9.89. The van der Waals surface area contributed by atoms with Gasteiger partial charge in [0.2, 0.25) is 0 Å². The van der Waals surface area contributed by atoms with Crippen molar-refractivity contribution in [2.75, 3.05) is 6.54 Å². The van der Waals surface area contributed by atoms with E-state index < -0.39 is 11.9 Å². The molecule has 7 heteroatoms. The van der Waals surface area contributed by atoms with Crippen molar-refractivity contribution >= 4 is 23.4 Å². The molecule has 1 aromatic carbocycles. The highest BCUT2D eigenvalue weighted by Gasteiger charge is 2.33. The number of carboxylic acid groups (broad SMARTS) is 1. The lowest BCUT2D eigenvalue weighted by Crippen LogP contribution is -2.40. The van der Waals surface area contributed by atoms with Crippen molar-refractivity contribution in [2.24, 2.45) is 0 Å². The van der Waals surface area contributed by atoms with E-state index >= 15 is 0 Å². The number of carbonyl (C=O) groups is 2. The highest BCUT2D eigenvalue weighted by atomic mass is 32.1. The number of rotatable bonds is 3. The van der Waals surface area contributed by atoms with Crippen LogP contribution in [0.5, 0.6) is 0 Å². The molecule has 1 atom stereocenters. The van der Waals surface area contributed by atoms with E-state index in [-0.39, 0.29) is 12.5 Å². The third-order valence-electron chi connectivity index (χ3n) is 3.86. The van der Waals surface area contributed by atoms with Gasteiger partial charge < -0.3 is 10.0 Å². The van der Waals surface area contributed by atoms with Crippen LogP contribution >= 0.6 is 11.5 Å². The number of hydrogen-bond acceptors (Lipinski definition) is 5. The van der Waals surface area contributed by atoms with Crippen LogP contribution < -0.4 is 0 Å². The summed E-state index contributed by atoms with van der Waals surface area (Å²) < 4.78 is 3.84. The van der Waals surface area contributed by atoms with E-state index in [1.165, 1.54) is 0 Å². The number of hydrogen-bond donors (Lipinski definition) is 1. The summed E-state index contributed by atoms with van der Waals surface area (Å²) in [5.74, 6) is -1.80. The molecule has 22 heavy (non-hydrogen) atoms. The molecule has 0 bridgehead atoms. The Bertz CT molecular complexity index is 728. The van der Waals surface area contributed by atoms with E-state index in [2.05, 4.69) is 9.59 Å². The second-order valence-electron chi connectivity index (χ2n) is 5.18. The minimum Gasteiger partial charge on any atom is -0.481 e. The molecule has 1 N–H and O–H groups in total. The zero-order valence-corrected chi connectivity index (χ0v) is 12.8. The van der Waals surface area contributed by atoms with Gasteiger partial charge in [0, 0.05) is 13.1 Å². The first-order valence-corrected chi connectivity index (χ1v) is 7.80. The van der Waals surface area contributed by atoms with Crippen LogP contribution in [0.15, 0.2) is 24.3 Å². The fraction of sp³-hybridized carbons (Fsp3) is 0.333. The third kappa shape index (κ3) is 2.48. The Morgan fingerprint density at radius 2 is 2.18 bits per heavy atom. The van der Waals surface area contributed by atoms with Crippen LogP contribution in [0.3, 0.4) is 0 Å². The molecule has 0 fully saturated rings. The molecule has 0 saturated heterocycles. The number of carboxylic acids is 1. The van der Waals surface area contributed by atoms with Gasteiger partial charge >= 0.3 is 5.97 Å². The summed E-state index contributed by atoms with van der Waals surface area (Å²) in [6.07, 6.45) is 0.629. The summed E-state index contributed by atoms with van der Waals surface area (Å²) >= 11 is 1.07. The largest absolute Gasteiger partial charge is 0.481 e. The van der Waals surface area contributed by atoms with Crippen molar-refractivity contribution in [3.63, 3.8) is 0 Å². The molecular weight excluding hydrogens is 302 g/mol. The lowest BCUT2D eigenvalue weighted by molar-refractivity contribution is -0.139. The summed E-state index contributed by atoms with van der Waals surface area (Å²) in [5, 5.41) is 13.4. The predicted octanol–water partition coefficient (Wildman–Crippen LogP) is 1.92. The Balaban J connectivity index is 1.94. The molecule has 1 aromatic heterocycles. The van der Waals surface area contributed by atoms with Gasteiger partial charge in [0.1, 0.15) is 4.88 Å². The fourth-order valence-electron chi connectivity index (χ4n) is 2.72. The highest BCUT2D eigenvalue weighted by molar-refractivity contribution is 7.08. The normalized spacial score (nSPS) is 17.1. The first-order chi connectivity index (χ1) is 10.6. The molecule has 2 heterocycles. The number of aliphatic carboxylic acids is 1. The van der Waals surface area contributed by atoms with Crippen LogP contribution in [-0.2, 0) is 17.8 Å². The van der Waals surface area contributed by atoms with Crippen LogP contribution in [0.1, 0.15) is 39.3 Å². The smallest absolute Gasteiger partial charge is 0.312 e. The second kappa shape index (κ2) is 5.84. The minimum atomic E-state index is -0.914. The Morgan fingerprint density at radius 3 is 2.91 bits per heavy atom. The Morgan fingerprint density at radius 1 is 1.41 bits per heavy atom. The maximum Gasteiger partial charge on any atom is 0.312 e. The standard InChI is InChI=1S/C15H15N3O3S/c1-2-12-13(22-17-16-12)14(19)18-7-9-5-3-4-6-10(9)11(8-18)15(20)21/h3-6,11H,2,7-8H2,1H3,(H,20,21). The first-order valence-electron chi connectivity index (χ1n) is 7.03. The molecule has 3 rings (SSSR count). The zero-order valence-electron chi connectivity index (χ0n) is 12.0. The Hall–Kier alpha value is -2.28. The molecule has 0 aliphatic carbocycles. The van der Waals surface area contributed by atoms with E-state index in [0.717, 1.165) is 22.7 Å². The summed E-state index contributed by atoms with van der Waals surface area (Å²) in [6, 6.07) is 7.38. The van der Waals surface area contributed by atoms with E-state index in [0.29, 0.717) is 23.5 Å². The van der Waals surface area contributed by atoms with E-state index in [1.807, 2.05) is 31.2 Å². The minimum absolute atomic E-state index is 0.173. The van der Waals surface area contributed by atoms with Crippen molar-refractivity contribution in [3.05, 3.63) is 46.0 Å². The average Bonchev–Trinajstić information content (AvgIpc) is 3.01. The van der Waals surface area contributed by atoms with Gasteiger partial charge in [-0.05, 0) is 29.1 Å². The summed E-state index contributed by atoms with van der Waals surface area (Å²) in [7, 11) is 0. The van der Waals surface area contributed by atoms with Crippen molar-refractivity contribution in [2.45, 2.75) is 25.8 Å². The number of benzene rings is 1. The van der Waals surface area contributed by atoms with Gasteiger partial charge in [-0.15, -0.1) is 5.10 Å². The maximum absolute atomic E-state index is 12.7. The zero-order chi connectivity index (χ0) is 15.7. The van der Waals surface area contributed by atoms with E-state index in [1.54, 1.807) is 4.90 Å². The van der Waals surface area contributed by atoms with Gasteiger partial charge in [-0.3, -0.25) is 9.59 Å². The van der Waals surface area contributed by atoms with Crippen LogP contribution in [0.2, 0.25) is 0 Å². The van der Waals surface area contributed by atoms with E-state index in [9.17, 15) is 14.7 Å². The molecular formula is C15H15N3O3S. The van der Waals surface area contributed by atoms with Crippen molar-refractivity contribution in [1.82, 2.24) is 14.5 Å². The maximum atomic E-state index is 12.7. The SMILES string of the molecule is CCc1nnsc1C(=O)N1Cc2ccccc2C(C(=O)O)C1. The molecule has 1 unspecified atom stereocenters. The van der Waals surface area contributed by atoms with Gasteiger partial charge in [0.05, 0.1) is 11.6 Å². The quantitative estimate of drug-likeness (QED) is 0.935. The van der Waals surface area contributed by atoms with Crippen LogP contribution in [0, 0.1) is 0 Å². The number of fused-ring (bicyclic) bond motifs is 1. The molecule has 0 saturated carbocycles. The molecule has 0 radical (unpaired) electrons. The molecule has 0 spiro atoms. The molecule has 114 valence electrons. The first kappa shape index (κ1) is 14.6. The molecule has 2 aromatic rings. The summed E-state index contributed by atoms with van der Waals surface area (Å²) in [4.78, 5) is 26.3. The summed E-state index contributed by atoms with van der Waals surface area (Å²) in [5.41, 5.74) is 2.34. The van der Waals surface area contributed by atoms with Crippen LogP contribution in [-0.4, -0.2) is 38.0 Å². The highest BCUT2D eigenvalue weighted by Crippen LogP contribution is 2.30. The number of aromatic nitrogens is 2. The van der Waals surface area contributed by atoms with Crippen LogP contribution in [0.25, 0.3) is 0 Å². The van der Waals surface area contributed by atoms with Crippen molar-refractivity contribution in [1.29, 1.82) is 0 Å². The predicted molar refractivity (Wildman–Crippen MR) is 80.8 cm³/mol. The Kier molecular flexibility index (Phi) is 3.89. The third-order valence-corrected chi connectivity index (χ3v) is 4.62. The molecule has 1 aliphatic rings. The Labute approximate surface area is 131 Å². The van der Waals surface area contributed by atoms with Gasteiger partial charge in [-0.25, -0.2) is 0 Å². The number of aryl methyl sites for hydroxylation is 1. The van der Waals surface area contributed by atoms with Gasteiger partial charge in [-0.1, -0.05) is 35.7 Å². The fourth-order valence-corrected chi connectivity index (χ4v) is 3.44. The topological polar surface area (TPSA) is 83.4 Å². The van der Waals surface area contributed by atoms with Gasteiger partial charge in [0.25, 0.3) is 5.91 Å². The summed E-state index contributed by atoms with van der Waals surface area (Å²) in [6.45, 7) is 2.51. The molecule has 1 amide bonds. The average molecular weight is 317 g/mol. The van der Waals surface area contributed by atoms with E-state index in [4.69, 9.17) is 0 Å². The monoisotopic (exact) mass is 317 g/mol. The van der Waals surface area contributed by atoms with Crippen molar-refractivity contribution < 1.29 is 14.7 Å². The van der Waals surface area contributed by atoms with Crippen molar-refractivity contribution in [3.8, 4) is 0 Å². The molecule has 6 nitrogen and oxygen atoms in total. The lowest BCUT2D eigenvalue weighted by Gasteiger charge is -2.32.